The van der Waals surface area contributed by atoms with E-state index in [9.17, 15) is 0 Å². The van der Waals surface area contributed by atoms with E-state index < -0.39 is 0 Å². The van der Waals surface area contributed by atoms with Gasteiger partial charge in [-0.2, -0.15) is 14.9 Å². The first-order valence-corrected chi connectivity index (χ1v) is 8.23. The molecule has 26 heavy (non-hydrogen) atoms. The number of hydrogen-bond acceptors (Lipinski definition) is 5. The van der Waals surface area contributed by atoms with Gasteiger partial charge in [0.1, 0.15) is 11.6 Å². The number of methoxy groups -OCH3 is 1. The van der Waals surface area contributed by atoms with Gasteiger partial charge in [-0.05, 0) is 24.6 Å². The zero-order valence-electron chi connectivity index (χ0n) is 14.8. The van der Waals surface area contributed by atoms with Gasteiger partial charge in [-0.15, -0.1) is 5.10 Å². The molecule has 0 atom stereocenters. The van der Waals surface area contributed by atoms with Crippen LogP contribution in [0.1, 0.15) is 17.1 Å². The predicted octanol–water partition coefficient (Wildman–Crippen LogP) is 2.30. The molecule has 0 bridgehead atoms. The molecule has 0 amide bonds. The molecule has 0 aliphatic carbocycles. The van der Waals surface area contributed by atoms with Crippen LogP contribution in [-0.2, 0) is 13.5 Å². The average Bonchev–Trinajstić information content (AvgIpc) is 3.35. The molecule has 1 N–H and O–H groups in total. The lowest BCUT2D eigenvalue weighted by atomic mass is 10.1. The van der Waals surface area contributed by atoms with Crippen LogP contribution in [0.15, 0.2) is 42.7 Å². The summed E-state index contributed by atoms with van der Waals surface area (Å²) in [7, 11) is 3.55. The van der Waals surface area contributed by atoms with E-state index in [1.54, 1.807) is 24.2 Å². The van der Waals surface area contributed by atoms with E-state index >= 15 is 0 Å². The minimum Gasteiger partial charge on any atom is -0.497 e. The first-order valence-electron chi connectivity index (χ1n) is 8.23. The fourth-order valence-corrected chi connectivity index (χ4v) is 2.83. The smallest absolute Gasteiger partial charge is 0.185 e. The fourth-order valence-electron chi connectivity index (χ4n) is 2.83. The molecule has 3 heterocycles. The Balaban J connectivity index is 1.77. The summed E-state index contributed by atoms with van der Waals surface area (Å²) in [5, 5.41) is 16.0. The normalized spacial score (nSPS) is 11.0. The first-order chi connectivity index (χ1) is 12.7. The van der Waals surface area contributed by atoms with Crippen molar-refractivity contribution in [2.45, 2.75) is 13.3 Å². The molecule has 0 aliphatic rings. The minimum atomic E-state index is 0.638. The van der Waals surface area contributed by atoms with E-state index in [2.05, 4.69) is 15.3 Å². The van der Waals surface area contributed by atoms with Crippen LogP contribution in [0.3, 0.4) is 0 Å². The SMILES string of the molecule is COc1ccc(Cc2nc(-c3cn[nH]c3C)nn2-c2ccnn2C)cc1. The standard InChI is InChI=1S/C18H19N7O/c1-12-15(11-19-22-12)18-21-16(10-13-4-6-14(26-3)7-5-13)25(23-18)17-8-9-20-24(17)2/h4-9,11H,10H2,1-3H3,(H,19,22). The summed E-state index contributed by atoms with van der Waals surface area (Å²) < 4.78 is 8.84. The number of aromatic nitrogens is 7. The third kappa shape index (κ3) is 2.85. The van der Waals surface area contributed by atoms with Crippen molar-refractivity contribution in [3.8, 4) is 23.0 Å². The molecular weight excluding hydrogens is 330 g/mol. The summed E-state index contributed by atoms with van der Waals surface area (Å²) in [6, 6.07) is 9.87. The predicted molar refractivity (Wildman–Crippen MR) is 96.2 cm³/mol. The van der Waals surface area contributed by atoms with E-state index in [4.69, 9.17) is 14.8 Å². The van der Waals surface area contributed by atoms with Crippen molar-refractivity contribution in [2.75, 3.05) is 7.11 Å². The van der Waals surface area contributed by atoms with Crippen molar-refractivity contribution in [1.82, 2.24) is 34.7 Å². The third-order valence-corrected chi connectivity index (χ3v) is 4.28. The third-order valence-electron chi connectivity index (χ3n) is 4.28. The number of rotatable bonds is 5. The molecule has 4 aromatic rings. The molecule has 0 fully saturated rings. The summed E-state index contributed by atoms with van der Waals surface area (Å²) in [4.78, 5) is 4.77. The van der Waals surface area contributed by atoms with Gasteiger partial charge >= 0.3 is 0 Å². The van der Waals surface area contributed by atoms with Gasteiger partial charge in [0.2, 0.25) is 0 Å². The molecule has 0 aliphatic heterocycles. The Bertz CT molecular complexity index is 1030. The van der Waals surface area contributed by atoms with E-state index in [1.807, 2.05) is 49.0 Å². The van der Waals surface area contributed by atoms with E-state index in [-0.39, 0.29) is 0 Å². The van der Waals surface area contributed by atoms with Crippen molar-refractivity contribution in [3.05, 3.63) is 59.8 Å². The maximum Gasteiger partial charge on any atom is 0.185 e. The molecule has 4 rings (SSSR count). The molecule has 3 aromatic heterocycles. The summed E-state index contributed by atoms with van der Waals surface area (Å²) in [6.45, 7) is 1.95. The number of H-pyrrole nitrogens is 1. The maximum absolute atomic E-state index is 5.23. The van der Waals surface area contributed by atoms with Crippen LogP contribution in [0.4, 0.5) is 0 Å². The second-order valence-electron chi connectivity index (χ2n) is 6.01. The van der Waals surface area contributed by atoms with Crippen LogP contribution in [0, 0.1) is 6.92 Å². The van der Waals surface area contributed by atoms with Gasteiger partial charge in [0.25, 0.3) is 0 Å². The lowest BCUT2D eigenvalue weighted by molar-refractivity contribution is 0.414. The Hall–Kier alpha value is -3.42. The molecule has 0 radical (unpaired) electrons. The van der Waals surface area contributed by atoms with Crippen LogP contribution in [0.25, 0.3) is 17.2 Å². The van der Waals surface area contributed by atoms with Gasteiger partial charge in [-0.3, -0.25) is 9.78 Å². The highest BCUT2D eigenvalue weighted by Crippen LogP contribution is 2.22. The summed E-state index contributed by atoms with van der Waals surface area (Å²) in [6.07, 6.45) is 4.13. The monoisotopic (exact) mass is 349 g/mol. The summed E-state index contributed by atoms with van der Waals surface area (Å²) in [5.74, 6) is 3.15. The van der Waals surface area contributed by atoms with E-state index in [0.29, 0.717) is 12.2 Å². The van der Waals surface area contributed by atoms with E-state index in [1.165, 1.54) is 0 Å². The molecular formula is C18H19N7O. The largest absolute Gasteiger partial charge is 0.497 e. The second kappa shape index (κ2) is 6.47. The molecule has 8 heteroatoms. The number of benzene rings is 1. The highest BCUT2D eigenvalue weighted by molar-refractivity contribution is 5.56. The van der Waals surface area contributed by atoms with Gasteiger partial charge in [-0.25, -0.2) is 4.98 Å². The maximum atomic E-state index is 5.23. The van der Waals surface area contributed by atoms with Gasteiger partial charge in [0.05, 0.1) is 25.1 Å². The summed E-state index contributed by atoms with van der Waals surface area (Å²) >= 11 is 0. The van der Waals surface area contributed by atoms with Crippen molar-refractivity contribution in [3.63, 3.8) is 0 Å². The topological polar surface area (TPSA) is 86.4 Å². The Kier molecular flexibility index (Phi) is 4.00. The fraction of sp³-hybridized carbons (Fsp3) is 0.222. The van der Waals surface area contributed by atoms with Crippen molar-refractivity contribution < 1.29 is 4.74 Å². The zero-order valence-corrected chi connectivity index (χ0v) is 14.8. The second-order valence-corrected chi connectivity index (χ2v) is 6.01. The van der Waals surface area contributed by atoms with Crippen LogP contribution in [-0.4, -0.2) is 41.9 Å². The Morgan fingerprint density at radius 2 is 1.96 bits per heavy atom. The zero-order chi connectivity index (χ0) is 18.1. The van der Waals surface area contributed by atoms with E-state index in [0.717, 1.165) is 34.2 Å². The number of aryl methyl sites for hydroxylation is 2. The first kappa shape index (κ1) is 16.1. The number of ether oxygens (including phenoxy) is 1. The van der Waals surface area contributed by atoms with Gasteiger partial charge < -0.3 is 4.74 Å². The van der Waals surface area contributed by atoms with Crippen molar-refractivity contribution in [1.29, 1.82) is 0 Å². The average molecular weight is 349 g/mol. The molecule has 0 saturated carbocycles. The number of nitrogens with one attached hydrogen (secondary N) is 1. The Morgan fingerprint density at radius 3 is 2.58 bits per heavy atom. The lowest BCUT2D eigenvalue weighted by Gasteiger charge is -2.06. The van der Waals surface area contributed by atoms with Gasteiger partial charge in [0.15, 0.2) is 11.6 Å². The van der Waals surface area contributed by atoms with Crippen molar-refractivity contribution >= 4 is 0 Å². The van der Waals surface area contributed by atoms with Gasteiger partial charge in [0, 0.05) is 25.2 Å². The highest BCUT2D eigenvalue weighted by atomic mass is 16.5. The quantitative estimate of drug-likeness (QED) is 0.597. The minimum absolute atomic E-state index is 0.638. The molecule has 132 valence electrons. The Morgan fingerprint density at radius 1 is 1.15 bits per heavy atom. The van der Waals surface area contributed by atoms with Crippen LogP contribution in [0.5, 0.6) is 5.75 Å². The van der Waals surface area contributed by atoms with Crippen LogP contribution in [0.2, 0.25) is 0 Å². The molecule has 1 aromatic carbocycles. The number of hydrogen-bond donors (Lipinski definition) is 1. The molecule has 0 unspecified atom stereocenters. The molecule has 0 spiro atoms. The number of nitrogens with zero attached hydrogens (tertiary/aromatic N) is 6. The molecule has 8 nitrogen and oxygen atoms in total. The summed E-state index contributed by atoms with van der Waals surface area (Å²) in [5.41, 5.74) is 2.95. The van der Waals surface area contributed by atoms with Crippen LogP contribution >= 0.6 is 0 Å². The lowest BCUT2D eigenvalue weighted by Crippen LogP contribution is -2.09. The highest BCUT2D eigenvalue weighted by Gasteiger charge is 2.17. The Labute approximate surface area is 150 Å². The van der Waals surface area contributed by atoms with Gasteiger partial charge in [-0.1, -0.05) is 12.1 Å². The van der Waals surface area contributed by atoms with Crippen molar-refractivity contribution in [2.24, 2.45) is 7.05 Å². The van der Waals surface area contributed by atoms with Crippen LogP contribution < -0.4 is 4.74 Å². The number of aromatic amines is 1. The molecule has 0 saturated heterocycles.